The van der Waals surface area contributed by atoms with E-state index in [2.05, 4.69) is 86.9 Å². The number of nitrogens with zero attached hydrogens (tertiary/aromatic N) is 13. The molecule has 7 aliphatic rings. The summed E-state index contributed by atoms with van der Waals surface area (Å²) in [7, 11) is -6.67. The third kappa shape index (κ3) is 22.4. The molecule has 0 saturated carbocycles. The summed E-state index contributed by atoms with van der Waals surface area (Å²) < 4.78 is 136. The summed E-state index contributed by atoms with van der Waals surface area (Å²) in [5, 5.41) is 38.3. The number of aromatic nitrogens is 9. The van der Waals surface area contributed by atoms with Gasteiger partial charge in [0.15, 0.2) is 0 Å². The van der Waals surface area contributed by atoms with Crippen molar-refractivity contribution in [2.24, 2.45) is 0 Å². The highest BCUT2D eigenvalue weighted by Gasteiger charge is 2.33. The molecule has 16 heterocycles. The summed E-state index contributed by atoms with van der Waals surface area (Å²) in [4.78, 5) is 75.8. The molecule has 0 spiro atoms. The number of anilines is 3. The molecule has 19 rings (SSSR count). The Kier molecular flexibility index (Phi) is 33.5. The van der Waals surface area contributed by atoms with E-state index in [-0.39, 0.29) is 63.6 Å². The molecule has 0 radical (unpaired) electrons. The molecule has 2 unspecified atom stereocenters. The first-order chi connectivity index (χ1) is 64.2. The molecule has 2 fully saturated rings. The Morgan fingerprint density at radius 2 is 0.872 bits per heavy atom. The third-order valence-electron chi connectivity index (χ3n) is 23.2. The van der Waals surface area contributed by atoms with Crippen molar-refractivity contribution in [3.63, 3.8) is 0 Å². The Hall–Kier alpha value is -13.4. The topological polar surface area (TPSA) is 473 Å². The van der Waals surface area contributed by atoms with E-state index < -0.39 is 40.1 Å². The minimum atomic E-state index is -3.84. The molecule has 133 heavy (non-hydrogen) atoms. The third-order valence-corrected chi connectivity index (χ3v) is 29.8. The highest BCUT2D eigenvalue weighted by atomic mass is 32.2. The van der Waals surface area contributed by atoms with Gasteiger partial charge in [-0.1, -0.05) is 30.4 Å². The van der Waals surface area contributed by atoms with Gasteiger partial charge < -0.3 is 74.9 Å². The second-order valence-electron chi connectivity index (χ2n) is 30.9. The van der Waals surface area contributed by atoms with Crippen LogP contribution in [0.4, 0.5) is 17.1 Å². The lowest BCUT2D eigenvalue weighted by molar-refractivity contribution is -0.123. The number of methoxy groups -OCH3 is 4. The van der Waals surface area contributed by atoms with Crippen LogP contribution in [0.3, 0.4) is 0 Å². The molecule has 9 aromatic heterocycles. The fourth-order valence-electron chi connectivity index (χ4n) is 16.6. The molecule has 7 N–H and O–H groups in total. The highest BCUT2D eigenvalue weighted by Crippen LogP contribution is 2.40. The van der Waals surface area contributed by atoms with Crippen molar-refractivity contribution >= 4 is 155 Å². The average molecular weight is 1900 g/mol. The van der Waals surface area contributed by atoms with E-state index in [1.165, 1.54) is 60.2 Å². The lowest BCUT2D eigenvalue weighted by atomic mass is 9.99. The predicted octanol–water partition coefficient (Wildman–Crippen LogP) is 9.52. The second-order valence-corrected chi connectivity index (χ2v) is 38.2. The molecule has 7 aliphatic heterocycles. The summed E-state index contributed by atoms with van der Waals surface area (Å²) in [6.45, 7) is 10.9. The number of hydrogen-bond acceptors (Lipinski definition) is 28. The number of ether oxygens (including phenoxy) is 4. The van der Waals surface area contributed by atoms with Crippen molar-refractivity contribution in [1.82, 2.24) is 61.7 Å². The smallest absolute Gasteiger partial charge is 0.290 e. The Morgan fingerprint density at radius 1 is 0.436 bits per heavy atom. The Bertz CT molecular complexity index is 6810. The molecule has 0 bridgehead atoms. The number of benzene rings is 3. The molecule has 12 aromatic rings. The van der Waals surface area contributed by atoms with Gasteiger partial charge in [0, 0.05) is 187 Å². The number of fused-ring (bicyclic) bond motifs is 5. The summed E-state index contributed by atoms with van der Waals surface area (Å²) >= 11 is 0. The predicted molar refractivity (Wildman–Crippen MR) is 504 cm³/mol. The number of carbonyl (C=O) groups is 5. The van der Waals surface area contributed by atoms with Crippen molar-refractivity contribution in [3.05, 3.63) is 229 Å². The van der Waals surface area contributed by atoms with Crippen molar-refractivity contribution in [2.45, 2.75) is 83.7 Å². The first-order valence-corrected chi connectivity index (χ1v) is 48.0. The maximum absolute atomic E-state index is 13.9. The van der Waals surface area contributed by atoms with Gasteiger partial charge in [-0.2, -0.15) is 0 Å². The largest absolute Gasteiger partial charge is 0.497 e. The SMILES string of the molecule is CC(=O)N1CCc2cc(S(=O)(=O)n3cc(C4=CCNCC4)c4ncccc43)ccc21.COC1CCN(c2cncc(S(=O)(=O)n3cc(C4=CCNCC4)c4ncccc43)c2)C1.COc1ccc2c(c1)c(C1=CCN(C)CC1)cn2S(=O)(=O)c1cccc(N2CCC(OC)C2)c1.COc1cncc(S(=O)(=O)n2cc(C3=CCNCC3)c3ncccc32)c1.O=CO.O=CO.O=CO.O=CO. The van der Waals surface area contributed by atoms with Crippen LogP contribution in [0, 0.1) is 0 Å². The Morgan fingerprint density at radius 3 is 1.32 bits per heavy atom. The fraction of sp³-hybridized carbons (Fsp3) is 0.304. The number of likely N-dealkylation sites (N-methyl/N-ethyl adjacent to an activating group) is 1. The summed E-state index contributed by atoms with van der Waals surface area (Å²) in [6, 6.07) is 31.6. The van der Waals surface area contributed by atoms with Gasteiger partial charge in [-0.25, -0.2) is 49.6 Å². The zero-order valence-electron chi connectivity index (χ0n) is 73.8. The summed E-state index contributed by atoms with van der Waals surface area (Å²) in [5.74, 6) is 1.06. The molecule has 2 saturated heterocycles. The number of pyridine rings is 5. The van der Waals surface area contributed by atoms with E-state index >= 15 is 0 Å². The average Bonchev–Trinajstić information content (AvgIpc) is 1.61. The number of hydrogen-bond donors (Lipinski definition) is 7. The van der Waals surface area contributed by atoms with Gasteiger partial charge in [0.25, 0.3) is 66.0 Å². The van der Waals surface area contributed by atoms with Crippen LogP contribution in [0.2, 0.25) is 0 Å². The number of carboxylic acid groups (broad SMARTS) is 4. The maximum Gasteiger partial charge on any atom is 0.290 e. The van der Waals surface area contributed by atoms with Gasteiger partial charge in [0.05, 0.1) is 92.9 Å². The van der Waals surface area contributed by atoms with Gasteiger partial charge in [0.2, 0.25) is 5.91 Å². The molecule has 37 nitrogen and oxygen atoms in total. The molecular formula is C92H104N16O21S4. The van der Waals surface area contributed by atoms with Crippen molar-refractivity contribution in [1.29, 1.82) is 0 Å². The lowest BCUT2D eigenvalue weighted by Crippen LogP contribution is -2.25. The fourth-order valence-corrected chi connectivity index (χ4v) is 22.1. The minimum Gasteiger partial charge on any atom is -0.497 e. The minimum absolute atomic E-state index is 0.0354. The van der Waals surface area contributed by atoms with Crippen LogP contribution in [0.5, 0.6) is 11.5 Å². The molecule has 2 atom stereocenters. The first-order valence-electron chi connectivity index (χ1n) is 42.2. The summed E-state index contributed by atoms with van der Waals surface area (Å²) in [6.07, 6.45) is 32.5. The van der Waals surface area contributed by atoms with E-state index in [0.29, 0.717) is 63.1 Å². The number of carbonyl (C=O) groups excluding carboxylic acids is 1. The van der Waals surface area contributed by atoms with Crippen LogP contribution in [-0.4, -0.2) is 264 Å². The second kappa shape index (κ2) is 45.2. The zero-order chi connectivity index (χ0) is 95.2. The monoisotopic (exact) mass is 1900 g/mol. The van der Waals surface area contributed by atoms with Gasteiger partial charge in [-0.15, -0.1) is 0 Å². The van der Waals surface area contributed by atoms with Crippen LogP contribution in [0.15, 0.2) is 221 Å². The number of amides is 1. The van der Waals surface area contributed by atoms with E-state index in [1.807, 2.05) is 30.3 Å². The highest BCUT2D eigenvalue weighted by molar-refractivity contribution is 7.91. The quantitative estimate of drug-likeness (QED) is 0.0393. The van der Waals surface area contributed by atoms with Crippen molar-refractivity contribution in [3.8, 4) is 11.5 Å². The van der Waals surface area contributed by atoms with Crippen LogP contribution in [0.25, 0.3) is 66.3 Å². The maximum atomic E-state index is 13.9. The molecule has 41 heteroatoms. The molecule has 3 aromatic carbocycles. The van der Waals surface area contributed by atoms with Crippen LogP contribution in [-0.2, 0) is 80.0 Å². The van der Waals surface area contributed by atoms with E-state index in [0.717, 1.165) is 184 Å². The zero-order valence-corrected chi connectivity index (χ0v) is 77.1. The van der Waals surface area contributed by atoms with Crippen molar-refractivity contribution in [2.75, 3.05) is 135 Å². The lowest BCUT2D eigenvalue weighted by Gasteiger charge is -2.21. The Balaban J connectivity index is 0.000000154. The molecular weight excluding hydrogens is 1790 g/mol. The number of rotatable bonds is 18. The van der Waals surface area contributed by atoms with Crippen molar-refractivity contribution < 1.29 is 97.0 Å². The first kappa shape index (κ1) is 98.7. The molecule has 0 aliphatic carbocycles. The normalized spacial score (nSPS) is 16.6. The van der Waals surface area contributed by atoms with Crippen LogP contribution < -0.4 is 40.1 Å². The van der Waals surface area contributed by atoms with E-state index in [1.54, 1.807) is 149 Å². The number of nitrogens with one attached hydrogen (secondary N) is 3. The van der Waals surface area contributed by atoms with Gasteiger partial charge in [-0.05, 0) is 197 Å². The van der Waals surface area contributed by atoms with E-state index in [9.17, 15) is 38.5 Å². The van der Waals surface area contributed by atoms with Crippen LogP contribution >= 0.6 is 0 Å². The van der Waals surface area contributed by atoms with Gasteiger partial charge in [0.1, 0.15) is 21.3 Å². The van der Waals surface area contributed by atoms with Gasteiger partial charge >= 0.3 is 0 Å². The molecule has 1 amide bonds. The van der Waals surface area contributed by atoms with Gasteiger partial charge in [-0.3, -0.25) is 48.9 Å². The molecule has 702 valence electrons. The summed E-state index contributed by atoms with van der Waals surface area (Å²) in [5.41, 5.74) is 15.8. The Labute approximate surface area is 769 Å². The van der Waals surface area contributed by atoms with E-state index in [4.69, 9.17) is 58.6 Å². The van der Waals surface area contributed by atoms with Crippen LogP contribution in [0.1, 0.15) is 73.3 Å². The standard InChI is InChI=1S/C26H31N3O4S.C22H25N5O3S.C22H22N4O3S.C18H18N4O3S.4CH2O2/c1-27-12-9-19(10-13-27)25-18-29(26-8-7-21(32-2)16-24(25)26)34(30,31)23-6-4-5-20(15-23)28-14-11-22(17-28)33-3;1-30-18-6-10-26(14-18)17-11-19(13-24-12-17)31(28,29)27-15-20(16-4-8-23-9-5-16)22-21(27)3-2-7-25-22;1-15(27)25-12-8-17-13-18(4-5-20(17)25)30(28,29)26-14-19(16-6-10-23-11-7-16)22-21(26)3-2-9-24-22;1-25-14-9-15(11-20-10-14)26(23,24)22-12-16(13-4-7-19-8-5-13)18-17(22)3-2-6-21-18;4*2-1-3/h4-9,15-16,18,22H,10-14,17H2,1-3H3;2-4,7,11-13,15,18,23H,5-6,8-10,14H2,1H3;2-6,9,13-14,23H,7-8,10-12H2,1H3;2-4,6,9-12,19H,5,7-8H2,1H3;4*1H,(H,2,3).